The van der Waals surface area contributed by atoms with E-state index in [0.717, 1.165) is 0 Å². The minimum absolute atomic E-state index is 0.0538. The first-order valence-electron chi connectivity index (χ1n) is 10.8. The second-order valence-corrected chi connectivity index (χ2v) is 10.4. The Bertz CT molecular complexity index is 827. The van der Waals surface area contributed by atoms with Crippen molar-refractivity contribution in [3.63, 3.8) is 0 Å². The molecule has 3 amide bonds. The quantitative estimate of drug-likeness (QED) is 0.715. The fraction of sp³-hybridized carbons (Fsp3) is 0.714. The third kappa shape index (κ3) is 4.31. The van der Waals surface area contributed by atoms with E-state index in [-0.39, 0.29) is 24.9 Å². The highest BCUT2D eigenvalue weighted by atomic mass is 32.1. The van der Waals surface area contributed by atoms with E-state index in [1.54, 1.807) is 41.9 Å². The monoisotopic (exact) mass is 434 g/mol. The van der Waals surface area contributed by atoms with E-state index in [1.165, 1.54) is 41.9 Å². The molecular formula is C21H30N4O4S. The van der Waals surface area contributed by atoms with Gasteiger partial charge < -0.3 is 9.64 Å². The van der Waals surface area contributed by atoms with Crippen molar-refractivity contribution in [2.24, 2.45) is 0 Å². The Morgan fingerprint density at radius 1 is 1.17 bits per heavy atom. The van der Waals surface area contributed by atoms with Gasteiger partial charge in [-0.3, -0.25) is 19.4 Å². The van der Waals surface area contributed by atoms with Crippen LogP contribution in [0.15, 0.2) is 6.20 Å². The zero-order chi connectivity index (χ0) is 21.5. The summed E-state index contributed by atoms with van der Waals surface area (Å²) in [4.78, 5) is 48.7. The Balaban J connectivity index is 1.48. The number of amides is 3. The second kappa shape index (κ2) is 8.17. The SMILES string of the molecule is CC(C)(C)OC(=O)N1CC(=O)N2CCN(c3ncc(C4CCCCC4)s3)C(=O)[C@H]2C1. The van der Waals surface area contributed by atoms with Gasteiger partial charge in [0, 0.05) is 24.2 Å². The normalized spacial score (nSPS) is 23.6. The molecule has 0 unspecified atom stereocenters. The predicted octanol–water partition coefficient (Wildman–Crippen LogP) is 2.99. The van der Waals surface area contributed by atoms with Crippen LogP contribution >= 0.6 is 11.3 Å². The molecule has 1 aromatic heterocycles. The van der Waals surface area contributed by atoms with Crippen LogP contribution in [0.2, 0.25) is 0 Å². The molecule has 0 bridgehead atoms. The van der Waals surface area contributed by atoms with Crippen LogP contribution in [0.1, 0.15) is 63.7 Å². The van der Waals surface area contributed by atoms with Crippen LogP contribution < -0.4 is 4.90 Å². The summed E-state index contributed by atoms with van der Waals surface area (Å²) in [6, 6.07) is -0.686. The molecule has 3 aliphatic rings. The van der Waals surface area contributed by atoms with Gasteiger partial charge in [0.15, 0.2) is 5.13 Å². The van der Waals surface area contributed by atoms with Gasteiger partial charge in [-0.2, -0.15) is 0 Å². The van der Waals surface area contributed by atoms with Gasteiger partial charge >= 0.3 is 6.09 Å². The molecule has 0 spiro atoms. The fourth-order valence-electron chi connectivity index (χ4n) is 4.42. The number of fused-ring (bicyclic) bond motifs is 1. The second-order valence-electron chi connectivity index (χ2n) is 9.33. The highest BCUT2D eigenvalue weighted by Crippen LogP contribution is 2.38. The first-order chi connectivity index (χ1) is 14.2. The maximum absolute atomic E-state index is 13.3. The number of carbonyl (C=O) groups excluding carboxylic acids is 3. The smallest absolute Gasteiger partial charge is 0.410 e. The lowest BCUT2D eigenvalue weighted by Gasteiger charge is -2.45. The number of ether oxygens (including phenoxy) is 1. The molecule has 0 N–H and O–H groups in total. The summed E-state index contributed by atoms with van der Waals surface area (Å²) in [6.45, 7) is 6.33. The Kier molecular flexibility index (Phi) is 5.74. The fourth-order valence-corrected chi connectivity index (χ4v) is 5.54. The maximum atomic E-state index is 13.3. The van der Waals surface area contributed by atoms with Gasteiger partial charge in [-0.25, -0.2) is 9.78 Å². The lowest BCUT2D eigenvalue weighted by Crippen LogP contribution is -2.67. The topological polar surface area (TPSA) is 83.1 Å². The number of piperazine rings is 2. The molecule has 9 heteroatoms. The summed E-state index contributed by atoms with van der Waals surface area (Å²) in [6.07, 6.45) is 7.52. The highest BCUT2D eigenvalue weighted by molar-refractivity contribution is 7.15. The van der Waals surface area contributed by atoms with Crippen molar-refractivity contribution in [1.82, 2.24) is 14.8 Å². The van der Waals surface area contributed by atoms with Crippen LogP contribution in [-0.2, 0) is 14.3 Å². The van der Waals surface area contributed by atoms with Crippen LogP contribution in [0, 0.1) is 0 Å². The number of thiazole rings is 1. The van der Waals surface area contributed by atoms with Crippen LogP contribution in [0.5, 0.6) is 0 Å². The van der Waals surface area contributed by atoms with Crippen molar-refractivity contribution in [2.45, 2.75) is 70.4 Å². The molecule has 0 radical (unpaired) electrons. The number of hydrogen-bond donors (Lipinski definition) is 0. The number of rotatable bonds is 2. The summed E-state index contributed by atoms with van der Waals surface area (Å²) in [5.41, 5.74) is -0.656. The van der Waals surface area contributed by atoms with Gasteiger partial charge in [0.05, 0.1) is 6.54 Å². The molecule has 8 nitrogen and oxygen atoms in total. The molecule has 0 aromatic carbocycles. The first-order valence-corrected chi connectivity index (χ1v) is 11.6. The molecule has 2 aliphatic heterocycles. The third-order valence-electron chi connectivity index (χ3n) is 5.93. The Labute approximate surface area is 181 Å². The molecule has 3 fully saturated rings. The van der Waals surface area contributed by atoms with Crippen LogP contribution in [0.4, 0.5) is 9.93 Å². The third-order valence-corrected chi connectivity index (χ3v) is 7.12. The van der Waals surface area contributed by atoms with E-state index < -0.39 is 17.7 Å². The van der Waals surface area contributed by atoms with E-state index in [4.69, 9.17) is 4.74 Å². The van der Waals surface area contributed by atoms with Gasteiger partial charge in [0.2, 0.25) is 5.91 Å². The molecule has 4 rings (SSSR count). The molecular weight excluding hydrogens is 404 g/mol. The van der Waals surface area contributed by atoms with E-state index in [0.29, 0.717) is 24.1 Å². The van der Waals surface area contributed by atoms with Gasteiger partial charge in [-0.1, -0.05) is 19.3 Å². The molecule has 30 heavy (non-hydrogen) atoms. The summed E-state index contributed by atoms with van der Waals surface area (Å²) in [5.74, 6) is 0.153. The molecule has 164 valence electrons. The largest absolute Gasteiger partial charge is 0.444 e. The van der Waals surface area contributed by atoms with Crippen molar-refractivity contribution >= 4 is 34.4 Å². The molecule has 1 aliphatic carbocycles. The number of anilines is 1. The average Bonchev–Trinajstić information content (AvgIpc) is 3.18. The average molecular weight is 435 g/mol. The number of aromatic nitrogens is 1. The Morgan fingerprint density at radius 3 is 2.60 bits per heavy atom. The Hall–Kier alpha value is -2.16. The maximum Gasteiger partial charge on any atom is 0.410 e. The predicted molar refractivity (Wildman–Crippen MR) is 114 cm³/mol. The van der Waals surface area contributed by atoms with Gasteiger partial charge in [-0.05, 0) is 39.5 Å². The summed E-state index contributed by atoms with van der Waals surface area (Å²) >= 11 is 1.59. The summed E-state index contributed by atoms with van der Waals surface area (Å²) < 4.78 is 5.40. The van der Waals surface area contributed by atoms with Crippen molar-refractivity contribution in [3.05, 3.63) is 11.1 Å². The van der Waals surface area contributed by atoms with Gasteiger partial charge in [0.25, 0.3) is 5.91 Å². The van der Waals surface area contributed by atoms with Crippen molar-refractivity contribution in [2.75, 3.05) is 31.1 Å². The minimum Gasteiger partial charge on any atom is -0.444 e. The highest BCUT2D eigenvalue weighted by Gasteiger charge is 2.45. The minimum atomic E-state index is -0.686. The lowest BCUT2D eigenvalue weighted by molar-refractivity contribution is -0.147. The number of hydrogen-bond acceptors (Lipinski definition) is 6. The molecule has 3 heterocycles. The first kappa shape index (κ1) is 21.1. The van der Waals surface area contributed by atoms with Crippen LogP contribution in [0.25, 0.3) is 0 Å². The van der Waals surface area contributed by atoms with Crippen molar-refractivity contribution in [3.8, 4) is 0 Å². The summed E-state index contributed by atoms with van der Waals surface area (Å²) in [5, 5.41) is 0.696. The Morgan fingerprint density at radius 2 is 1.90 bits per heavy atom. The van der Waals surface area contributed by atoms with E-state index in [2.05, 4.69) is 4.98 Å². The van der Waals surface area contributed by atoms with Gasteiger partial charge in [0.1, 0.15) is 18.2 Å². The number of nitrogens with zero attached hydrogens (tertiary/aromatic N) is 4. The van der Waals surface area contributed by atoms with Crippen molar-refractivity contribution in [1.29, 1.82) is 0 Å². The zero-order valence-electron chi connectivity index (χ0n) is 17.9. The summed E-state index contributed by atoms with van der Waals surface area (Å²) in [7, 11) is 0. The van der Waals surface area contributed by atoms with E-state index in [1.807, 2.05) is 6.20 Å². The van der Waals surface area contributed by atoms with Crippen LogP contribution in [0.3, 0.4) is 0 Å². The van der Waals surface area contributed by atoms with Gasteiger partial charge in [-0.15, -0.1) is 11.3 Å². The molecule has 1 saturated carbocycles. The number of carbonyl (C=O) groups is 3. The lowest BCUT2D eigenvalue weighted by atomic mass is 9.89. The van der Waals surface area contributed by atoms with Crippen molar-refractivity contribution < 1.29 is 19.1 Å². The molecule has 1 atom stereocenters. The van der Waals surface area contributed by atoms with Crippen LogP contribution in [-0.4, -0.2) is 70.5 Å². The van der Waals surface area contributed by atoms with E-state index >= 15 is 0 Å². The molecule has 2 saturated heterocycles. The zero-order valence-corrected chi connectivity index (χ0v) is 18.7. The van der Waals surface area contributed by atoms with E-state index in [9.17, 15) is 14.4 Å². The standard InChI is InChI=1S/C21H30N4O4S/c1-21(2,3)29-20(28)23-12-15-18(27)25(10-9-24(15)17(26)13-23)19-22-11-16(30-19)14-7-5-4-6-8-14/h11,14-15H,4-10,12-13H2,1-3H3/t15-/m1/s1. The molecule has 1 aromatic rings.